The summed E-state index contributed by atoms with van der Waals surface area (Å²) >= 11 is 1.91. The largest absolute Gasteiger partial charge is 0.392 e. The minimum atomic E-state index is -0.407. The molecule has 1 amide bonds. The van der Waals surface area contributed by atoms with Gasteiger partial charge in [-0.1, -0.05) is 6.42 Å². The van der Waals surface area contributed by atoms with Gasteiger partial charge in [-0.05, 0) is 44.8 Å². The first-order valence-electron chi connectivity index (χ1n) is 6.72. The highest BCUT2D eigenvalue weighted by molar-refractivity contribution is 7.99. The number of aliphatic hydroxyl groups is 1. The molecule has 2 N–H and O–H groups in total. The van der Waals surface area contributed by atoms with Crippen molar-refractivity contribution >= 4 is 17.7 Å². The van der Waals surface area contributed by atoms with Crippen LogP contribution in [0.2, 0.25) is 0 Å². The molecule has 4 unspecified atom stereocenters. The third-order valence-corrected chi connectivity index (χ3v) is 5.22. The Morgan fingerprint density at radius 1 is 1.24 bits per heavy atom. The van der Waals surface area contributed by atoms with E-state index in [1.807, 2.05) is 11.8 Å². The molecule has 0 aliphatic heterocycles. The lowest BCUT2D eigenvalue weighted by molar-refractivity contribution is -0.128. The lowest BCUT2D eigenvalue weighted by Crippen LogP contribution is -2.43. The first-order valence-corrected chi connectivity index (χ1v) is 8.00. The molecule has 0 bridgehead atoms. The van der Waals surface area contributed by atoms with Gasteiger partial charge in [0.1, 0.15) is 0 Å². The maximum atomic E-state index is 12.0. The molecule has 0 saturated heterocycles. The van der Waals surface area contributed by atoms with E-state index in [1.165, 1.54) is 12.8 Å². The van der Waals surface area contributed by atoms with E-state index in [2.05, 4.69) is 11.6 Å². The molecule has 0 aromatic carbocycles. The number of thioether (sulfide) groups is 1. The van der Waals surface area contributed by atoms with E-state index >= 15 is 0 Å². The van der Waals surface area contributed by atoms with E-state index in [0.29, 0.717) is 11.3 Å². The van der Waals surface area contributed by atoms with E-state index < -0.39 is 6.10 Å². The molecule has 17 heavy (non-hydrogen) atoms. The lowest BCUT2D eigenvalue weighted by Gasteiger charge is -2.29. The summed E-state index contributed by atoms with van der Waals surface area (Å²) in [5, 5.41) is 13.6. The zero-order valence-electron chi connectivity index (χ0n) is 10.5. The van der Waals surface area contributed by atoms with Gasteiger partial charge in [-0.25, -0.2) is 0 Å². The van der Waals surface area contributed by atoms with Gasteiger partial charge in [-0.15, -0.1) is 0 Å². The number of amides is 1. The maximum Gasteiger partial charge on any atom is 0.225 e. The second-order valence-corrected chi connectivity index (χ2v) is 6.47. The molecular weight excluding hydrogens is 234 g/mol. The van der Waals surface area contributed by atoms with Gasteiger partial charge in [-0.3, -0.25) is 4.79 Å². The Kier molecular flexibility index (Phi) is 4.74. The summed E-state index contributed by atoms with van der Waals surface area (Å²) in [6, 6.07) is 0.335. The van der Waals surface area contributed by atoms with Crippen molar-refractivity contribution in [3.63, 3.8) is 0 Å². The van der Waals surface area contributed by atoms with Crippen molar-refractivity contribution in [2.24, 2.45) is 5.92 Å². The molecule has 2 rings (SSSR count). The molecule has 0 aromatic rings. The Morgan fingerprint density at radius 3 is 2.65 bits per heavy atom. The normalized spacial score (nSPS) is 38.0. The lowest BCUT2D eigenvalue weighted by atomic mass is 9.94. The Balaban J connectivity index is 1.81. The van der Waals surface area contributed by atoms with Gasteiger partial charge in [0.25, 0.3) is 0 Å². The standard InChI is InChI=1S/C13H23NO2S/c1-17-10-5-2-4-9(8-10)14-13(16)11-6-3-7-12(11)15/h9-12,15H,2-8H2,1H3,(H,14,16). The number of aliphatic hydroxyl groups excluding tert-OH is 1. The SMILES string of the molecule is CSC1CCCC(NC(=O)C2CCCC2O)C1. The summed E-state index contributed by atoms with van der Waals surface area (Å²) in [5.74, 6) is -0.0635. The van der Waals surface area contributed by atoms with Gasteiger partial charge in [0.15, 0.2) is 0 Å². The van der Waals surface area contributed by atoms with E-state index in [0.717, 1.165) is 32.1 Å². The molecular formula is C13H23NO2S. The fourth-order valence-corrected chi connectivity index (χ4v) is 3.87. The Hall–Kier alpha value is -0.220. The van der Waals surface area contributed by atoms with Crippen molar-refractivity contribution in [2.75, 3.05) is 6.26 Å². The van der Waals surface area contributed by atoms with Crippen molar-refractivity contribution in [1.29, 1.82) is 0 Å². The van der Waals surface area contributed by atoms with Crippen molar-refractivity contribution in [1.82, 2.24) is 5.32 Å². The molecule has 2 aliphatic rings. The fourth-order valence-electron chi connectivity index (χ4n) is 3.04. The van der Waals surface area contributed by atoms with E-state index in [1.54, 1.807) is 0 Å². The molecule has 0 radical (unpaired) electrons. The Labute approximate surface area is 108 Å². The van der Waals surface area contributed by atoms with Crippen LogP contribution >= 0.6 is 11.8 Å². The van der Waals surface area contributed by atoms with Crippen LogP contribution in [0.15, 0.2) is 0 Å². The number of hydrogen-bond donors (Lipinski definition) is 2. The zero-order chi connectivity index (χ0) is 12.3. The molecule has 0 spiro atoms. The highest BCUT2D eigenvalue weighted by atomic mass is 32.2. The second kappa shape index (κ2) is 6.10. The van der Waals surface area contributed by atoms with Crippen LogP contribution in [0.5, 0.6) is 0 Å². The van der Waals surface area contributed by atoms with E-state index in [4.69, 9.17) is 0 Å². The number of rotatable bonds is 3. The van der Waals surface area contributed by atoms with Crippen LogP contribution in [0.1, 0.15) is 44.9 Å². The summed E-state index contributed by atoms with van der Waals surface area (Å²) in [4.78, 5) is 12.0. The van der Waals surface area contributed by atoms with Crippen molar-refractivity contribution in [2.45, 2.75) is 62.3 Å². The number of carbonyl (C=O) groups excluding carboxylic acids is 1. The minimum absolute atomic E-state index is 0.0850. The van der Waals surface area contributed by atoms with Crippen molar-refractivity contribution in [3.8, 4) is 0 Å². The van der Waals surface area contributed by atoms with Crippen molar-refractivity contribution in [3.05, 3.63) is 0 Å². The minimum Gasteiger partial charge on any atom is -0.392 e. The maximum absolute atomic E-state index is 12.0. The molecule has 2 aliphatic carbocycles. The summed E-state index contributed by atoms with van der Waals surface area (Å²) in [5.41, 5.74) is 0. The van der Waals surface area contributed by atoms with Gasteiger partial charge in [-0.2, -0.15) is 11.8 Å². The molecule has 0 aromatic heterocycles. The molecule has 2 saturated carbocycles. The molecule has 98 valence electrons. The van der Waals surface area contributed by atoms with Crippen molar-refractivity contribution < 1.29 is 9.90 Å². The van der Waals surface area contributed by atoms with Gasteiger partial charge in [0.2, 0.25) is 5.91 Å². The van der Waals surface area contributed by atoms with Gasteiger partial charge in [0, 0.05) is 11.3 Å². The number of carbonyl (C=O) groups is 1. The predicted molar refractivity (Wildman–Crippen MR) is 71.0 cm³/mol. The highest BCUT2D eigenvalue weighted by Gasteiger charge is 2.33. The second-order valence-electron chi connectivity index (χ2n) is 5.33. The quantitative estimate of drug-likeness (QED) is 0.812. The first-order chi connectivity index (χ1) is 8.20. The molecule has 0 heterocycles. The molecule has 4 atom stereocenters. The Morgan fingerprint density at radius 2 is 2.00 bits per heavy atom. The van der Waals surface area contributed by atoms with Crippen LogP contribution in [-0.2, 0) is 4.79 Å². The molecule has 3 nitrogen and oxygen atoms in total. The van der Waals surface area contributed by atoms with Crippen LogP contribution in [0.4, 0.5) is 0 Å². The topological polar surface area (TPSA) is 49.3 Å². The highest BCUT2D eigenvalue weighted by Crippen LogP contribution is 2.29. The Bertz CT molecular complexity index is 272. The molecule has 4 heteroatoms. The summed E-state index contributed by atoms with van der Waals surface area (Å²) in [6.07, 6.45) is 9.05. The first kappa shape index (κ1) is 13.2. The van der Waals surface area contributed by atoms with E-state index in [-0.39, 0.29) is 11.8 Å². The average Bonchev–Trinajstić information content (AvgIpc) is 2.76. The summed E-state index contributed by atoms with van der Waals surface area (Å²) in [7, 11) is 0. The number of nitrogens with one attached hydrogen (secondary N) is 1. The zero-order valence-corrected chi connectivity index (χ0v) is 11.3. The average molecular weight is 257 g/mol. The van der Waals surface area contributed by atoms with Crippen LogP contribution in [0.3, 0.4) is 0 Å². The number of hydrogen-bond acceptors (Lipinski definition) is 3. The van der Waals surface area contributed by atoms with E-state index in [9.17, 15) is 9.90 Å². The monoisotopic (exact) mass is 257 g/mol. The van der Waals surface area contributed by atoms with Crippen LogP contribution in [0.25, 0.3) is 0 Å². The molecule has 2 fully saturated rings. The summed E-state index contributed by atoms with van der Waals surface area (Å²) in [6.45, 7) is 0. The van der Waals surface area contributed by atoms with Crippen LogP contribution < -0.4 is 5.32 Å². The third-order valence-electron chi connectivity index (χ3n) is 4.12. The summed E-state index contributed by atoms with van der Waals surface area (Å²) < 4.78 is 0. The van der Waals surface area contributed by atoms with Gasteiger partial charge >= 0.3 is 0 Å². The van der Waals surface area contributed by atoms with Crippen LogP contribution in [-0.4, -0.2) is 34.7 Å². The third kappa shape index (κ3) is 3.38. The fraction of sp³-hybridized carbons (Fsp3) is 0.923. The smallest absolute Gasteiger partial charge is 0.225 e. The van der Waals surface area contributed by atoms with Gasteiger partial charge in [0.05, 0.1) is 12.0 Å². The predicted octanol–water partition coefficient (Wildman–Crippen LogP) is 1.94. The van der Waals surface area contributed by atoms with Gasteiger partial charge < -0.3 is 10.4 Å². The van der Waals surface area contributed by atoms with Crippen LogP contribution in [0, 0.1) is 5.92 Å².